The monoisotopic (exact) mass is 334 g/mol. The molecule has 3 nitrogen and oxygen atoms in total. The van der Waals surface area contributed by atoms with Crippen molar-refractivity contribution in [1.29, 1.82) is 0 Å². The highest BCUT2D eigenvalue weighted by Crippen LogP contribution is 2.28. The van der Waals surface area contributed by atoms with Crippen LogP contribution in [0.3, 0.4) is 0 Å². The zero-order valence-corrected chi connectivity index (χ0v) is 13.6. The molecule has 23 heavy (non-hydrogen) atoms. The van der Waals surface area contributed by atoms with E-state index < -0.39 is 11.6 Å². The molecule has 0 spiro atoms. The van der Waals surface area contributed by atoms with Gasteiger partial charge < -0.3 is 9.88 Å². The third-order valence-corrected chi connectivity index (χ3v) is 4.70. The van der Waals surface area contributed by atoms with Crippen molar-refractivity contribution in [2.75, 3.05) is 0 Å². The number of fused-ring (bicyclic) bond motifs is 1. The number of nitrogens with zero attached hydrogens (tertiary/aromatic N) is 1. The van der Waals surface area contributed by atoms with Gasteiger partial charge >= 0.3 is 0 Å². The summed E-state index contributed by atoms with van der Waals surface area (Å²) < 4.78 is 29.8. The molecule has 0 aliphatic rings. The van der Waals surface area contributed by atoms with E-state index in [1.807, 2.05) is 18.5 Å². The quantitative estimate of drug-likeness (QED) is 0.749. The van der Waals surface area contributed by atoms with Crippen LogP contribution < -0.4 is 5.32 Å². The molecule has 6 heteroatoms. The minimum absolute atomic E-state index is 0.0451. The number of benzene rings is 1. The van der Waals surface area contributed by atoms with E-state index in [0.717, 1.165) is 28.3 Å². The van der Waals surface area contributed by atoms with Crippen LogP contribution in [0.4, 0.5) is 8.78 Å². The summed E-state index contributed by atoms with van der Waals surface area (Å²) in [5.41, 5.74) is 0.131. The van der Waals surface area contributed by atoms with E-state index in [0.29, 0.717) is 10.9 Å². The molecule has 0 bridgehead atoms. The van der Waals surface area contributed by atoms with Crippen LogP contribution in [0, 0.1) is 11.6 Å². The molecular weight excluding hydrogens is 318 g/mol. The number of nitrogens with one attached hydrogen (secondary N) is 1. The Morgan fingerprint density at radius 1 is 1.26 bits per heavy atom. The van der Waals surface area contributed by atoms with E-state index in [1.54, 1.807) is 0 Å². The number of thiophene rings is 1. The second-order valence-electron chi connectivity index (χ2n) is 5.65. The maximum Gasteiger partial charge on any atom is 0.261 e. The van der Waals surface area contributed by atoms with E-state index in [1.165, 1.54) is 11.3 Å². The van der Waals surface area contributed by atoms with Gasteiger partial charge in [-0.15, -0.1) is 11.3 Å². The minimum Gasteiger partial charge on any atom is -0.350 e. The standard InChI is InChI=1S/C17H16F2N2OS/c1-10(2)21-8-12-6-15(23-16(12)9-21)17(22)20-7-11-5-13(18)3-4-14(11)19/h3-6,8-10H,7H2,1-2H3,(H,20,22). The average molecular weight is 334 g/mol. The van der Waals surface area contributed by atoms with Gasteiger partial charge in [0.05, 0.1) is 9.58 Å². The number of carbonyl (C=O) groups is 1. The fraction of sp³-hybridized carbons (Fsp3) is 0.235. The highest BCUT2D eigenvalue weighted by atomic mass is 32.1. The van der Waals surface area contributed by atoms with Gasteiger partial charge in [0.15, 0.2) is 0 Å². The van der Waals surface area contributed by atoms with Gasteiger partial charge in [0, 0.05) is 35.9 Å². The molecule has 2 aromatic heterocycles. The fourth-order valence-corrected chi connectivity index (χ4v) is 3.30. The highest BCUT2D eigenvalue weighted by Gasteiger charge is 2.13. The third kappa shape index (κ3) is 3.27. The van der Waals surface area contributed by atoms with Gasteiger partial charge in [-0.1, -0.05) is 0 Å². The molecular formula is C17H16F2N2OS. The number of carbonyl (C=O) groups excluding carboxylic acids is 1. The SMILES string of the molecule is CC(C)n1cc2cc(C(=O)NCc3cc(F)ccc3F)sc2c1. The normalized spacial score (nSPS) is 11.3. The first-order chi connectivity index (χ1) is 10.9. The summed E-state index contributed by atoms with van der Waals surface area (Å²) in [4.78, 5) is 12.7. The van der Waals surface area contributed by atoms with Crippen LogP contribution in [0.2, 0.25) is 0 Å². The fourth-order valence-electron chi connectivity index (χ4n) is 2.31. The van der Waals surface area contributed by atoms with Crippen LogP contribution in [0.1, 0.15) is 35.1 Å². The smallest absolute Gasteiger partial charge is 0.261 e. The van der Waals surface area contributed by atoms with Crippen molar-refractivity contribution in [3.63, 3.8) is 0 Å². The lowest BCUT2D eigenvalue weighted by molar-refractivity contribution is 0.0954. The number of amides is 1. The largest absolute Gasteiger partial charge is 0.350 e. The number of rotatable bonds is 4. The number of halogens is 2. The van der Waals surface area contributed by atoms with Crippen molar-refractivity contribution in [3.05, 3.63) is 58.7 Å². The van der Waals surface area contributed by atoms with Crippen LogP contribution in [0.15, 0.2) is 36.7 Å². The van der Waals surface area contributed by atoms with Crippen LogP contribution in [0.25, 0.3) is 10.1 Å². The molecule has 2 heterocycles. The molecule has 3 rings (SSSR count). The Bertz CT molecular complexity index is 835. The van der Waals surface area contributed by atoms with E-state index in [-0.39, 0.29) is 18.0 Å². The molecule has 1 aromatic carbocycles. The Kier molecular flexibility index (Phi) is 4.17. The number of hydrogen-bond donors (Lipinski definition) is 1. The van der Waals surface area contributed by atoms with Crippen molar-refractivity contribution >= 4 is 27.3 Å². The van der Waals surface area contributed by atoms with Crippen LogP contribution in [-0.4, -0.2) is 10.5 Å². The van der Waals surface area contributed by atoms with E-state index in [2.05, 4.69) is 23.7 Å². The van der Waals surface area contributed by atoms with Gasteiger partial charge in [0.25, 0.3) is 5.91 Å². The third-order valence-electron chi connectivity index (χ3n) is 3.61. The summed E-state index contributed by atoms with van der Waals surface area (Å²) in [7, 11) is 0. The molecule has 0 fully saturated rings. The molecule has 0 radical (unpaired) electrons. The number of hydrogen-bond acceptors (Lipinski definition) is 2. The Hall–Kier alpha value is -2.21. The Labute approximate surface area is 136 Å². The summed E-state index contributed by atoms with van der Waals surface area (Å²) in [6.07, 6.45) is 4.01. The lowest BCUT2D eigenvalue weighted by atomic mass is 10.2. The lowest BCUT2D eigenvalue weighted by Crippen LogP contribution is -2.22. The van der Waals surface area contributed by atoms with Crippen molar-refractivity contribution < 1.29 is 13.6 Å². The predicted molar refractivity (Wildman–Crippen MR) is 87.7 cm³/mol. The summed E-state index contributed by atoms with van der Waals surface area (Å²) in [5.74, 6) is -1.34. The van der Waals surface area contributed by atoms with Crippen molar-refractivity contribution in [3.8, 4) is 0 Å². The first kappa shape index (κ1) is 15.7. The molecule has 0 atom stereocenters. The second-order valence-corrected chi connectivity index (χ2v) is 6.73. The molecule has 3 aromatic rings. The maximum absolute atomic E-state index is 13.5. The molecule has 120 valence electrons. The van der Waals surface area contributed by atoms with Crippen LogP contribution in [-0.2, 0) is 6.54 Å². The Morgan fingerprint density at radius 3 is 2.74 bits per heavy atom. The molecule has 0 aliphatic carbocycles. The summed E-state index contributed by atoms with van der Waals surface area (Å²) in [6.45, 7) is 4.13. The summed E-state index contributed by atoms with van der Waals surface area (Å²) >= 11 is 1.39. The lowest BCUT2D eigenvalue weighted by Gasteiger charge is -2.06. The first-order valence-corrected chi connectivity index (χ1v) is 8.09. The number of aromatic nitrogens is 1. The molecule has 0 saturated heterocycles. The molecule has 0 aliphatic heterocycles. The molecule has 1 amide bonds. The topological polar surface area (TPSA) is 34.0 Å². The average Bonchev–Trinajstić information content (AvgIpc) is 3.06. The van der Waals surface area contributed by atoms with E-state index in [4.69, 9.17) is 0 Å². The first-order valence-electron chi connectivity index (χ1n) is 7.27. The minimum atomic E-state index is -0.533. The van der Waals surface area contributed by atoms with E-state index >= 15 is 0 Å². The van der Waals surface area contributed by atoms with Gasteiger partial charge in [-0.3, -0.25) is 4.79 Å². The maximum atomic E-state index is 13.5. The predicted octanol–water partition coefficient (Wildman–Crippen LogP) is 4.49. The van der Waals surface area contributed by atoms with Crippen LogP contribution >= 0.6 is 11.3 Å². The van der Waals surface area contributed by atoms with Gasteiger partial charge in [-0.25, -0.2) is 8.78 Å². The van der Waals surface area contributed by atoms with Gasteiger partial charge in [0.1, 0.15) is 11.6 Å². The van der Waals surface area contributed by atoms with E-state index in [9.17, 15) is 13.6 Å². The summed E-state index contributed by atoms with van der Waals surface area (Å²) in [5, 5.41) is 3.63. The van der Waals surface area contributed by atoms with Gasteiger partial charge in [-0.05, 0) is 38.1 Å². The molecule has 0 saturated carbocycles. The Balaban J connectivity index is 1.73. The van der Waals surface area contributed by atoms with Gasteiger partial charge in [-0.2, -0.15) is 0 Å². The van der Waals surface area contributed by atoms with Gasteiger partial charge in [0.2, 0.25) is 0 Å². The zero-order valence-electron chi connectivity index (χ0n) is 12.8. The van der Waals surface area contributed by atoms with Crippen molar-refractivity contribution in [2.24, 2.45) is 0 Å². The second kappa shape index (κ2) is 6.12. The van der Waals surface area contributed by atoms with Crippen LogP contribution in [0.5, 0.6) is 0 Å². The van der Waals surface area contributed by atoms with Crippen molar-refractivity contribution in [2.45, 2.75) is 26.4 Å². The molecule has 0 unspecified atom stereocenters. The Morgan fingerprint density at radius 2 is 2.04 bits per heavy atom. The molecule has 1 N–H and O–H groups in total. The zero-order chi connectivity index (χ0) is 16.6. The highest BCUT2D eigenvalue weighted by molar-refractivity contribution is 7.20. The van der Waals surface area contributed by atoms with Crippen molar-refractivity contribution in [1.82, 2.24) is 9.88 Å². The summed E-state index contributed by atoms with van der Waals surface area (Å²) in [6, 6.07) is 5.38.